The van der Waals surface area contributed by atoms with E-state index in [0.29, 0.717) is 0 Å². The summed E-state index contributed by atoms with van der Waals surface area (Å²) in [6.07, 6.45) is 2.90. The van der Waals surface area contributed by atoms with Crippen molar-refractivity contribution in [3.8, 4) is 0 Å². The zero-order valence-electron chi connectivity index (χ0n) is 10.9. The molecular formula is C14H12BrN3O3. The van der Waals surface area contributed by atoms with Crippen LogP contribution in [0, 0.1) is 0 Å². The summed E-state index contributed by atoms with van der Waals surface area (Å²) < 4.78 is 5.86. The van der Waals surface area contributed by atoms with Crippen molar-refractivity contribution >= 4 is 34.0 Å². The van der Waals surface area contributed by atoms with Crippen LogP contribution in [0.4, 0.5) is 0 Å². The molecule has 2 amide bonds. The zero-order chi connectivity index (χ0) is 15.1. The lowest BCUT2D eigenvalue weighted by Crippen LogP contribution is -2.34. The Hall–Kier alpha value is -2.41. The van der Waals surface area contributed by atoms with Crippen molar-refractivity contribution in [2.45, 2.75) is 0 Å². The molecule has 0 radical (unpaired) electrons. The molecule has 0 bridgehead atoms. The molecule has 0 fully saturated rings. The lowest BCUT2D eigenvalue weighted by atomic mass is 10.2. The number of hydrogen-bond acceptors (Lipinski definition) is 4. The molecule has 0 atom stereocenters. The predicted molar refractivity (Wildman–Crippen MR) is 80.9 cm³/mol. The van der Waals surface area contributed by atoms with E-state index in [4.69, 9.17) is 4.42 Å². The van der Waals surface area contributed by atoms with Crippen molar-refractivity contribution in [1.29, 1.82) is 0 Å². The molecule has 2 aromatic rings. The molecule has 108 valence electrons. The molecule has 0 spiro atoms. The van der Waals surface area contributed by atoms with E-state index < -0.39 is 11.8 Å². The highest BCUT2D eigenvalue weighted by molar-refractivity contribution is 9.10. The summed E-state index contributed by atoms with van der Waals surface area (Å²) in [5, 5.41) is 6.21. The van der Waals surface area contributed by atoms with E-state index in [0.717, 1.165) is 10.0 Å². The Bertz CT molecular complexity index is 636. The van der Waals surface area contributed by atoms with Crippen molar-refractivity contribution < 1.29 is 14.0 Å². The number of rotatable bonds is 5. The summed E-state index contributed by atoms with van der Waals surface area (Å²) in [5.41, 5.74) is 3.17. The van der Waals surface area contributed by atoms with Gasteiger partial charge in [0.05, 0.1) is 19.0 Å². The van der Waals surface area contributed by atoms with Gasteiger partial charge in [0.1, 0.15) is 0 Å². The molecule has 7 heteroatoms. The van der Waals surface area contributed by atoms with Crippen LogP contribution in [0.15, 0.2) is 56.7 Å². The van der Waals surface area contributed by atoms with E-state index in [9.17, 15) is 9.59 Å². The van der Waals surface area contributed by atoms with Gasteiger partial charge in [0, 0.05) is 4.47 Å². The molecule has 0 saturated heterocycles. The fourth-order valence-corrected chi connectivity index (χ4v) is 1.69. The van der Waals surface area contributed by atoms with Crippen molar-refractivity contribution in [3.05, 3.63) is 58.5 Å². The Labute approximate surface area is 129 Å². The Morgan fingerprint density at radius 1 is 1.24 bits per heavy atom. The van der Waals surface area contributed by atoms with Gasteiger partial charge in [0.15, 0.2) is 5.76 Å². The first-order chi connectivity index (χ1) is 10.1. The number of hydrazone groups is 1. The fraction of sp³-hybridized carbons (Fsp3) is 0.0714. The van der Waals surface area contributed by atoms with E-state index in [1.165, 1.54) is 18.5 Å². The highest BCUT2D eigenvalue weighted by Gasteiger charge is 2.09. The Balaban J connectivity index is 1.74. The second-order valence-electron chi connectivity index (χ2n) is 4.00. The van der Waals surface area contributed by atoms with Crippen molar-refractivity contribution in [2.75, 3.05) is 6.54 Å². The number of amides is 2. The van der Waals surface area contributed by atoms with Gasteiger partial charge in [-0.15, -0.1) is 0 Å². The summed E-state index contributed by atoms with van der Waals surface area (Å²) in [6.45, 7) is -0.183. The first-order valence-corrected chi connectivity index (χ1v) is 6.83. The Morgan fingerprint density at radius 3 is 2.67 bits per heavy atom. The number of carbonyl (C=O) groups is 2. The van der Waals surface area contributed by atoms with E-state index in [1.54, 1.807) is 6.07 Å². The van der Waals surface area contributed by atoms with Gasteiger partial charge in [-0.05, 0) is 29.8 Å². The van der Waals surface area contributed by atoms with Crippen LogP contribution in [0.25, 0.3) is 0 Å². The molecule has 0 unspecified atom stereocenters. The molecule has 0 aliphatic heterocycles. The van der Waals surface area contributed by atoms with Crippen molar-refractivity contribution in [1.82, 2.24) is 10.7 Å². The van der Waals surface area contributed by atoms with E-state index in [1.807, 2.05) is 24.3 Å². The minimum absolute atomic E-state index is 0.154. The molecule has 2 rings (SSSR count). The van der Waals surface area contributed by atoms with Gasteiger partial charge >= 0.3 is 0 Å². The van der Waals surface area contributed by atoms with Crippen LogP contribution in [-0.4, -0.2) is 24.6 Å². The van der Waals surface area contributed by atoms with Gasteiger partial charge in [-0.1, -0.05) is 28.1 Å². The number of halogens is 1. The van der Waals surface area contributed by atoms with Crippen molar-refractivity contribution in [2.24, 2.45) is 5.10 Å². The second kappa shape index (κ2) is 7.39. The summed E-state index contributed by atoms with van der Waals surface area (Å²) in [6, 6.07) is 10.5. The van der Waals surface area contributed by atoms with Crippen LogP contribution in [0.1, 0.15) is 16.1 Å². The molecule has 0 aliphatic carbocycles. The van der Waals surface area contributed by atoms with E-state index in [-0.39, 0.29) is 12.3 Å². The van der Waals surface area contributed by atoms with Gasteiger partial charge in [-0.25, -0.2) is 5.43 Å². The lowest BCUT2D eigenvalue weighted by Gasteiger charge is -2.01. The maximum Gasteiger partial charge on any atom is 0.287 e. The number of furan rings is 1. The fourth-order valence-electron chi connectivity index (χ4n) is 1.42. The molecule has 21 heavy (non-hydrogen) atoms. The molecule has 1 heterocycles. The monoisotopic (exact) mass is 349 g/mol. The maximum atomic E-state index is 11.5. The number of carbonyl (C=O) groups excluding carboxylic acids is 2. The largest absolute Gasteiger partial charge is 0.459 e. The SMILES string of the molecule is O=C(CNC(=O)c1ccco1)N/N=C/c1ccc(Br)cc1. The third-order valence-corrected chi connectivity index (χ3v) is 2.96. The van der Waals surface area contributed by atoms with Crippen LogP contribution in [0.5, 0.6) is 0 Å². The third-order valence-electron chi connectivity index (χ3n) is 2.43. The van der Waals surface area contributed by atoms with Crippen LogP contribution in [0.2, 0.25) is 0 Å². The maximum absolute atomic E-state index is 11.5. The van der Waals surface area contributed by atoms with Gasteiger partial charge < -0.3 is 9.73 Å². The van der Waals surface area contributed by atoms with Crippen LogP contribution >= 0.6 is 15.9 Å². The highest BCUT2D eigenvalue weighted by Crippen LogP contribution is 2.08. The molecule has 0 saturated carbocycles. The standard InChI is InChI=1S/C14H12BrN3O3/c15-11-5-3-10(4-6-11)8-17-18-13(19)9-16-14(20)12-2-1-7-21-12/h1-8H,9H2,(H,16,20)(H,18,19)/b17-8+. The first-order valence-electron chi connectivity index (χ1n) is 6.04. The molecular weight excluding hydrogens is 338 g/mol. The number of nitrogens with one attached hydrogen (secondary N) is 2. The third kappa shape index (κ3) is 4.88. The average molecular weight is 350 g/mol. The topological polar surface area (TPSA) is 83.7 Å². The molecule has 0 aliphatic rings. The number of benzene rings is 1. The summed E-state index contributed by atoms with van der Waals surface area (Å²) in [5.74, 6) is -0.725. The predicted octanol–water partition coefficient (Wildman–Crippen LogP) is 1.92. The van der Waals surface area contributed by atoms with E-state index in [2.05, 4.69) is 31.8 Å². The quantitative estimate of drug-likeness (QED) is 0.638. The minimum Gasteiger partial charge on any atom is -0.459 e. The second-order valence-corrected chi connectivity index (χ2v) is 4.92. The van der Waals surface area contributed by atoms with Gasteiger partial charge in [-0.2, -0.15) is 5.10 Å². The van der Waals surface area contributed by atoms with Crippen molar-refractivity contribution in [3.63, 3.8) is 0 Å². The number of nitrogens with zero attached hydrogens (tertiary/aromatic N) is 1. The minimum atomic E-state index is -0.452. The highest BCUT2D eigenvalue weighted by atomic mass is 79.9. The van der Waals surface area contributed by atoms with E-state index >= 15 is 0 Å². The van der Waals surface area contributed by atoms with Gasteiger partial charge in [0.25, 0.3) is 11.8 Å². The first kappa shape index (κ1) is 15.0. The number of hydrogen-bond donors (Lipinski definition) is 2. The van der Waals surface area contributed by atoms with Gasteiger partial charge in [0.2, 0.25) is 0 Å². The Kier molecular flexibility index (Phi) is 5.28. The molecule has 2 N–H and O–H groups in total. The van der Waals surface area contributed by atoms with Crippen LogP contribution < -0.4 is 10.7 Å². The summed E-state index contributed by atoms with van der Waals surface area (Å²) in [7, 11) is 0. The van der Waals surface area contributed by atoms with Crippen LogP contribution in [-0.2, 0) is 4.79 Å². The molecule has 6 nitrogen and oxygen atoms in total. The van der Waals surface area contributed by atoms with Gasteiger partial charge in [-0.3, -0.25) is 9.59 Å². The summed E-state index contributed by atoms with van der Waals surface area (Å²) >= 11 is 3.33. The summed E-state index contributed by atoms with van der Waals surface area (Å²) in [4.78, 5) is 23.0. The molecule has 1 aromatic carbocycles. The normalized spacial score (nSPS) is 10.5. The lowest BCUT2D eigenvalue weighted by molar-refractivity contribution is -0.120. The molecule has 1 aromatic heterocycles. The average Bonchev–Trinajstić information content (AvgIpc) is 3.01. The smallest absolute Gasteiger partial charge is 0.287 e. The Morgan fingerprint density at radius 2 is 2.00 bits per heavy atom. The zero-order valence-corrected chi connectivity index (χ0v) is 12.5. The van der Waals surface area contributed by atoms with Crippen LogP contribution in [0.3, 0.4) is 0 Å².